The number of allylic oxidation sites excluding steroid dienone is 2. The van der Waals surface area contributed by atoms with Gasteiger partial charge in [0.2, 0.25) is 5.91 Å². The second kappa shape index (κ2) is 8.04. The van der Waals surface area contributed by atoms with E-state index in [0.717, 1.165) is 12.1 Å². The molecule has 130 valence electrons. The Morgan fingerprint density at radius 2 is 1.92 bits per heavy atom. The highest BCUT2D eigenvalue weighted by Gasteiger charge is 2.36. The standard InChI is InChI=1S/C18H21F2NO3/c1-3-11(2)24-18(23)14-7-5-4-6-13(14)17(22)21-16-9-8-12(19)10-15(16)20/h4-5,8-11,13-14H,3,6-7H2,1-2H3,(H,21,22)/t11-,13+,14+/m0/s1. The van der Waals surface area contributed by atoms with Gasteiger partial charge in [0.1, 0.15) is 11.6 Å². The summed E-state index contributed by atoms with van der Waals surface area (Å²) in [7, 11) is 0. The van der Waals surface area contributed by atoms with Gasteiger partial charge in [-0.2, -0.15) is 0 Å². The van der Waals surface area contributed by atoms with Crippen molar-refractivity contribution in [1.29, 1.82) is 0 Å². The number of carbonyl (C=O) groups excluding carboxylic acids is 2. The van der Waals surface area contributed by atoms with Crippen molar-refractivity contribution in [3.8, 4) is 0 Å². The minimum Gasteiger partial charge on any atom is -0.462 e. The van der Waals surface area contributed by atoms with E-state index in [1.165, 1.54) is 0 Å². The van der Waals surface area contributed by atoms with Gasteiger partial charge in [0.25, 0.3) is 0 Å². The first-order chi connectivity index (χ1) is 11.4. The SMILES string of the molecule is CC[C@H](C)OC(=O)[C@@H]1CC=CC[C@H]1C(=O)Nc1ccc(F)cc1F. The molecule has 1 amide bonds. The number of nitrogens with one attached hydrogen (secondary N) is 1. The van der Waals surface area contributed by atoms with Crippen LogP contribution in [0.5, 0.6) is 0 Å². The minimum absolute atomic E-state index is 0.106. The van der Waals surface area contributed by atoms with E-state index >= 15 is 0 Å². The van der Waals surface area contributed by atoms with Crippen LogP contribution in [0.4, 0.5) is 14.5 Å². The summed E-state index contributed by atoms with van der Waals surface area (Å²) < 4.78 is 32.0. The van der Waals surface area contributed by atoms with Crippen molar-refractivity contribution < 1.29 is 23.1 Å². The Hall–Kier alpha value is -2.24. The summed E-state index contributed by atoms with van der Waals surface area (Å²) in [6.45, 7) is 3.69. The topological polar surface area (TPSA) is 55.4 Å². The molecule has 2 rings (SSSR count). The lowest BCUT2D eigenvalue weighted by molar-refractivity contribution is -0.157. The highest BCUT2D eigenvalue weighted by molar-refractivity contribution is 5.95. The van der Waals surface area contributed by atoms with E-state index in [9.17, 15) is 18.4 Å². The van der Waals surface area contributed by atoms with Crippen molar-refractivity contribution in [1.82, 2.24) is 0 Å². The maximum atomic E-state index is 13.7. The molecule has 0 saturated carbocycles. The molecular formula is C18H21F2NO3. The maximum absolute atomic E-state index is 13.7. The van der Waals surface area contributed by atoms with E-state index in [-0.39, 0.29) is 11.8 Å². The van der Waals surface area contributed by atoms with Crippen LogP contribution in [-0.2, 0) is 14.3 Å². The molecule has 6 heteroatoms. The molecule has 0 unspecified atom stereocenters. The second-order valence-corrected chi connectivity index (χ2v) is 5.92. The smallest absolute Gasteiger partial charge is 0.310 e. The lowest BCUT2D eigenvalue weighted by atomic mass is 9.82. The largest absolute Gasteiger partial charge is 0.462 e. The van der Waals surface area contributed by atoms with E-state index in [2.05, 4.69) is 5.32 Å². The van der Waals surface area contributed by atoms with E-state index in [1.807, 2.05) is 19.1 Å². The number of carbonyl (C=O) groups is 2. The van der Waals surface area contributed by atoms with Gasteiger partial charge in [0.05, 0.1) is 23.6 Å². The van der Waals surface area contributed by atoms with Crippen LogP contribution in [0.15, 0.2) is 30.4 Å². The van der Waals surface area contributed by atoms with Gasteiger partial charge in [-0.05, 0) is 38.3 Å². The Morgan fingerprint density at radius 3 is 2.54 bits per heavy atom. The predicted molar refractivity (Wildman–Crippen MR) is 86.2 cm³/mol. The molecule has 1 aromatic carbocycles. The molecule has 4 nitrogen and oxygen atoms in total. The number of hydrogen-bond acceptors (Lipinski definition) is 3. The van der Waals surface area contributed by atoms with Gasteiger partial charge >= 0.3 is 5.97 Å². The summed E-state index contributed by atoms with van der Waals surface area (Å²) in [4.78, 5) is 24.7. The average molecular weight is 337 g/mol. The summed E-state index contributed by atoms with van der Waals surface area (Å²) in [5.74, 6) is -3.72. The van der Waals surface area contributed by atoms with Crippen LogP contribution in [-0.4, -0.2) is 18.0 Å². The maximum Gasteiger partial charge on any atom is 0.310 e. The fourth-order valence-corrected chi connectivity index (χ4v) is 2.55. The third-order valence-corrected chi connectivity index (χ3v) is 4.15. The molecule has 3 atom stereocenters. The molecule has 1 aliphatic carbocycles. The second-order valence-electron chi connectivity index (χ2n) is 5.92. The zero-order valence-electron chi connectivity index (χ0n) is 13.7. The molecule has 0 aromatic heterocycles. The first-order valence-corrected chi connectivity index (χ1v) is 8.03. The summed E-state index contributed by atoms with van der Waals surface area (Å²) >= 11 is 0. The monoisotopic (exact) mass is 337 g/mol. The molecule has 1 aliphatic rings. The van der Waals surface area contributed by atoms with Gasteiger partial charge in [-0.3, -0.25) is 9.59 Å². The first kappa shape index (κ1) is 18.1. The quantitative estimate of drug-likeness (QED) is 0.656. The summed E-state index contributed by atoms with van der Waals surface area (Å²) in [5, 5.41) is 2.44. The molecule has 1 N–H and O–H groups in total. The van der Waals surface area contributed by atoms with Crippen molar-refractivity contribution in [2.75, 3.05) is 5.32 Å². The van der Waals surface area contributed by atoms with Crippen LogP contribution >= 0.6 is 0 Å². The molecule has 1 aromatic rings. The normalized spacial score (nSPS) is 21.2. The van der Waals surface area contributed by atoms with Gasteiger partial charge in [0.15, 0.2) is 0 Å². The number of hydrogen-bond donors (Lipinski definition) is 1. The Morgan fingerprint density at radius 1 is 1.25 bits per heavy atom. The molecule has 0 radical (unpaired) electrons. The van der Waals surface area contributed by atoms with E-state index < -0.39 is 35.3 Å². The molecule has 0 saturated heterocycles. The van der Waals surface area contributed by atoms with Crippen molar-refractivity contribution in [2.24, 2.45) is 11.8 Å². The summed E-state index contributed by atoms with van der Waals surface area (Å²) in [6.07, 6.45) is 4.89. The van der Waals surface area contributed by atoms with Crippen LogP contribution in [0, 0.1) is 23.5 Å². The third-order valence-electron chi connectivity index (χ3n) is 4.15. The molecular weight excluding hydrogens is 316 g/mol. The first-order valence-electron chi connectivity index (χ1n) is 8.03. The molecule has 24 heavy (non-hydrogen) atoms. The van der Waals surface area contributed by atoms with Crippen LogP contribution in [0.1, 0.15) is 33.1 Å². The Balaban J connectivity index is 2.10. The van der Waals surface area contributed by atoms with Crippen LogP contribution in [0.2, 0.25) is 0 Å². The van der Waals surface area contributed by atoms with Gasteiger partial charge < -0.3 is 10.1 Å². The molecule has 0 aliphatic heterocycles. The number of anilines is 1. The van der Waals surface area contributed by atoms with E-state index in [1.54, 1.807) is 6.92 Å². The van der Waals surface area contributed by atoms with Crippen molar-refractivity contribution in [3.63, 3.8) is 0 Å². The van der Waals surface area contributed by atoms with Crippen LogP contribution in [0.25, 0.3) is 0 Å². The zero-order chi connectivity index (χ0) is 17.7. The van der Waals surface area contributed by atoms with Gasteiger partial charge in [-0.1, -0.05) is 19.1 Å². The number of rotatable bonds is 5. The third kappa shape index (κ3) is 4.40. The number of benzene rings is 1. The minimum atomic E-state index is -0.853. The predicted octanol–water partition coefficient (Wildman–Crippen LogP) is 3.83. The Bertz CT molecular complexity index is 645. The molecule has 0 heterocycles. The van der Waals surface area contributed by atoms with E-state index in [0.29, 0.717) is 25.3 Å². The van der Waals surface area contributed by atoms with Gasteiger partial charge in [-0.15, -0.1) is 0 Å². The van der Waals surface area contributed by atoms with Gasteiger partial charge in [-0.25, -0.2) is 8.78 Å². The summed E-state index contributed by atoms with van der Waals surface area (Å²) in [6, 6.07) is 2.92. The molecule has 0 bridgehead atoms. The van der Waals surface area contributed by atoms with Crippen LogP contribution < -0.4 is 5.32 Å². The van der Waals surface area contributed by atoms with Crippen LogP contribution in [0.3, 0.4) is 0 Å². The highest BCUT2D eigenvalue weighted by atomic mass is 19.1. The van der Waals surface area contributed by atoms with Gasteiger partial charge in [0, 0.05) is 6.07 Å². The van der Waals surface area contributed by atoms with Crippen molar-refractivity contribution >= 4 is 17.6 Å². The molecule has 0 fully saturated rings. The fraction of sp³-hybridized carbons (Fsp3) is 0.444. The van der Waals surface area contributed by atoms with Crippen molar-refractivity contribution in [2.45, 2.75) is 39.2 Å². The number of amides is 1. The highest BCUT2D eigenvalue weighted by Crippen LogP contribution is 2.29. The fourth-order valence-electron chi connectivity index (χ4n) is 2.55. The zero-order valence-corrected chi connectivity index (χ0v) is 13.7. The summed E-state index contributed by atoms with van der Waals surface area (Å²) in [5.41, 5.74) is -0.106. The Labute approximate surface area is 139 Å². The Kier molecular flexibility index (Phi) is 6.06. The molecule has 0 spiro atoms. The van der Waals surface area contributed by atoms with E-state index in [4.69, 9.17) is 4.74 Å². The lowest BCUT2D eigenvalue weighted by Gasteiger charge is -2.27. The average Bonchev–Trinajstić information content (AvgIpc) is 2.57. The number of esters is 1. The lowest BCUT2D eigenvalue weighted by Crippen LogP contribution is -2.36. The van der Waals surface area contributed by atoms with Crippen molar-refractivity contribution in [3.05, 3.63) is 42.0 Å². The number of halogens is 2. The number of ether oxygens (including phenoxy) is 1.